The Hall–Kier alpha value is -1.00. The molecule has 1 unspecified atom stereocenters. The van der Waals surface area contributed by atoms with Gasteiger partial charge >= 0.3 is 0 Å². The van der Waals surface area contributed by atoms with E-state index in [9.17, 15) is 16.8 Å². The fraction of sp³-hybridized carbons (Fsp3) is 0.500. The quantitative estimate of drug-likeness (QED) is 0.644. The van der Waals surface area contributed by atoms with Gasteiger partial charge < -0.3 is 5.73 Å². The molecule has 0 aliphatic heterocycles. The zero-order valence-electron chi connectivity index (χ0n) is 12.0. The van der Waals surface area contributed by atoms with Crippen LogP contribution in [0.1, 0.15) is 20.3 Å². The molecule has 1 aromatic rings. The molecule has 5 N–H and O–H groups in total. The highest BCUT2D eigenvalue weighted by Crippen LogP contribution is 2.14. The van der Waals surface area contributed by atoms with Crippen LogP contribution in [-0.4, -0.2) is 29.4 Å². The van der Waals surface area contributed by atoms with E-state index in [-0.39, 0.29) is 22.4 Å². The average Bonchev–Trinajstić information content (AvgIpc) is 2.35. The molecule has 0 spiro atoms. The van der Waals surface area contributed by atoms with Crippen molar-refractivity contribution in [1.29, 1.82) is 0 Å². The summed E-state index contributed by atoms with van der Waals surface area (Å²) in [5.74, 6) is 0.357. The van der Waals surface area contributed by atoms with Gasteiger partial charge in [0.15, 0.2) is 0 Å². The number of nitrogens with one attached hydrogen (secondary N) is 1. The van der Waals surface area contributed by atoms with Gasteiger partial charge in [-0.3, -0.25) is 0 Å². The van der Waals surface area contributed by atoms with Crippen LogP contribution in [0.15, 0.2) is 34.1 Å². The van der Waals surface area contributed by atoms with E-state index < -0.39 is 20.0 Å². The Labute approximate surface area is 125 Å². The lowest BCUT2D eigenvalue weighted by atomic mass is 10.1. The van der Waals surface area contributed by atoms with E-state index in [4.69, 9.17) is 10.9 Å². The molecule has 0 aliphatic rings. The van der Waals surface area contributed by atoms with Gasteiger partial charge in [0.1, 0.15) is 0 Å². The van der Waals surface area contributed by atoms with Gasteiger partial charge in [0.25, 0.3) is 0 Å². The van der Waals surface area contributed by atoms with Crippen molar-refractivity contribution in [2.24, 2.45) is 16.8 Å². The van der Waals surface area contributed by atoms with E-state index >= 15 is 0 Å². The van der Waals surface area contributed by atoms with Crippen molar-refractivity contribution in [2.75, 3.05) is 6.54 Å². The highest BCUT2D eigenvalue weighted by molar-refractivity contribution is 7.90. The Morgan fingerprint density at radius 1 is 1.14 bits per heavy atom. The summed E-state index contributed by atoms with van der Waals surface area (Å²) in [5.41, 5.74) is 5.82. The monoisotopic (exact) mass is 335 g/mol. The number of hydrogen-bond acceptors (Lipinski definition) is 5. The van der Waals surface area contributed by atoms with Crippen LogP contribution in [0.3, 0.4) is 0 Å². The lowest BCUT2D eigenvalue weighted by Gasteiger charge is -2.15. The maximum absolute atomic E-state index is 12.1. The largest absolute Gasteiger partial charge is 0.327 e. The third-order valence-electron chi connectivity index (χ3n) is 2.75. The predicted molar refractivity (Wildman–Crippen MR) is 80.4 cm³/mol. The zero-order valence-corrected chi connectivity index (χ0v) is 13.6. The standard InChI is InChI=1S/C12H21N3O4S2/c1-9(2)6-10(13)8-15-21(18,19)12-5-3-4-11(7-12)20(14,16)17/h3-5,7,9-10,15H,6,8,13H2,1-2H3,(H2,14,16,17). The minimum atomic E-state index is -3.95. The molecule has 0 aromatic heterocycles. The molecule has 1 atom stereocenters. The van der Waals surface area contributed by atoms with Gasteiger partial charge in [0.2, 0.25) is 20.0 Å². The van der Waals surface area contributed by atoms with Gasteiger partial charge in [0.05, 0.1) is 9.79 Å². The van der Waals surface area contributed by atoms with Gasteiger partial charge in [-0.15, -0.1) is 0 Å². The molecule has 9 heteroatoms. The van der Waals surface area contributed by atoms with Crippen LogP contribution >= 0.6 is 0 Å². The molecule has 0 fully saturated rings. The molecule has 1 aromatic carbocycles. The number of primary sulfonamides is 1. The molecule has 1 rings (SSSR count). The van der Waals surface area contributed by atoms with Gasteiger partial charge in [-0.25, -0.2) is 26.7 Å². The van der Waals surface area contributed by atoms with E-state index in [0.717, 1.165) is 6.07 Å². The summed E-state index contributed by atoms with van der Waals surface area (Å²) in [7, 11) is -7.77. The molecule has 0 amide bonds. The van der Waals surface area contributed by atoms with Crippen LogP contribution in [0.4, 0.5) is 0 Å². The first-order valence-corrected chi connectivity index (χ1v) is 9.43. The molecule has 0 saturated heterocycles. The molecule has 7 nitrogen and oxygen atoms in total. The Morgan fingerprint density at radius 3 is 2.24 bits per heavy atom. The first-order valence-electron chi connectivity index (χ1n) is 6.40. The summed E-state index contributed by atoms with van der Waals surface area (Å²) in [6.07, 6.45) is 0.680. The van der Waals surface area contributed by atoms with Gasteiger partial charge in [-0.1, -0.05) is 19.9 Å². The topological polar surface area (TPSA) is 132 Å². The molecule has 0 saturated carbocycles. The van der Waals surface area contributed by atoms with Gasteiger partial charge in [-0.05, 0) is 30.5 Å². The second kappa shape index (κ2) is 6.84. The summed E-state index contributed by atoms with van der Waals surface area (Å²) in [6.45, 7) is 4.06. The fourth-order valence-electron chi connectivity index (χ4n) is 1.81. The van der Waals surface area contributed by atoms with Crippen LogP contribution < -0.4 is 15.6 Å². The molecule has 120 valence electrons. The number of hydrogen-bond donors (Lipinski definition) is 3. The highest BCUT2D eigenvalue weighted by atomic mass is 32.2. The fourth-order valence-corrected chi connectivity index (χ4v) is 3.58. The second-order valence-corrected chi connectivity index (χ2v) is 8.59. The first-order chi connectivity index (χ1) is 9.52. The van der Waals surface area contributed by atoms with E-state index in [0.29, 0.717) is 12.3 Å². The van der Waals surface area contributed by atoms with Crippen molar-refractivity contribution in [3.05, 3.63) is 24.3 Å². The van der Waals surface area contributed by atoms with E-state index in [1.807, 2.05) is 13.8 Å². The number of sulfonamides is 2. The lowest BCUT2D eigenvalue weighted by Crippen LogP contribution is -2.38. The van der Waals surface area contributed by atoms with Crippen LogP contribution in [0.25, 0.3) is 0 Å². The Morgan fingerprint density at radius 2 is 1.71 bits per heavy atom. The Balaban J connectivity index is 2.89. The minimum absolute atomic E-state index is 0.0834. The third kappa shape index (κ3) is 5.71. The van der Waals surface area contributed by atoms with Crippen molar-refractivity contribution >= 4 is 20.0 Å². The van der Waals surface area contributed by atoms with Crippen LogP contribution in [0.5, 0.6) is 0 Å². The van der Waals surface area contributed by atoms with Crippen molar-refractivity contribution < 1.29 is 16.8 Å². The van der Waals surface area contributed by atoms with Crippen molar-refractivity contribution in [3.63, 3.8) is 0 Å². The molecule has 0 radical (unpaired) electrons. The average molecular weight is 335 g/mol. The Kier molecular flexibility index (Phi) is 5.88. The number of benzene rings is 1. The van der Waals surface area contributed by atoms with Gasteiger partial charge in [-0.2, -0.15) is 0 Å². The maximum Gasteiger partial charge on any atom is 0.240 e. The smallest absolute Gasteiger partial charge is 0.240 e. The van der Waals surface area contributed by atoms with Crippen LogP contribution in [-0.2, 0) is 20.0 Å². The van der Waals surface area contributed by atoms with E-state index in [2.05, 4.69) is 4.72 Å². The van der Waals surface area contributed by atoms with Crippen molar-refractivity contribution in [2.45, 2.75) is 36.1 Å². The molecule has 0 heterocycles. The molecule has 0 bridgehead atoms. The van der Waals surface area contributed by atoms with Crippen molar-refractivity contribution in [3.8, 4) is 0 Å². The molecular formula is C12H21N3O4S2. The number of nitrogens with two attached hydrogens (primary N) is 2. The third-order valence-corrected chi connectivity index (χ3v) is 5.09. The number of rotatable bonds is 7. The second-order valence-electron chi connectivity index (χ2n) is 5.26. The summed E-state index contributed by atoms with van der Waals surface area (Å²) in [4.78, 5) is -0.414. The maximum atomic E-state index is 12.1. The summed E-state index contributed by atoms with van der Waals surface area (Å²) >= 11 is 0. The predicted octanol–water partition coefficient (Wildman–Crippen LogP) is -0.0143. The lowest BCUT2D eigenvalue weighted by molar-refractivity contribution is 0.486. The zero-order chi connectivity index (χ0) is 16.3. The SMILES string of the molecule is CC(C)CC(N)CNS(=O)(=O)c1cccc(S(N)(=O)=O)c1. The summed E-state index contributed by atoms with van der Waals surface area (Å²) in [6, 6.07) is 4.57. The Bertz CT molecular complexity index is 684. The summed E-state index contributed by atoms with van der Waals surface area (Å²) < 4.78 is 49.1. The van der Waals surface area contributed by atoms with Crippen molar-refractivity contribution in [1.82, 2.24) is 4.72 Å². The normalized spacial score (nSPS) is 14.3. The molecule has 21 heavy (non-hydrogen) atoms. The molecule has 0 aliphatic carbocycles. The highest BCUT2D eigenvalue weighted by Gasteiger charge is 2.18. The van der Waals surface area contributed by atoms with Crippen LogP contribution in [0.2, 0.25) is 0 Å². The summed E-state index contributed by atoms with van der Waals surface area (Å²) in [5, 5.41) is 4.98. The first kappa shape index (κ1) is 18.1. The van der Waals surface area contributed by atoms with Gasteiger partial charge in [0, 0.05) is 12.6 Å². The van der Waals surface area contributed by atoms with Crippen LogP contribution in [0, 0.1) is 5.92 Å². The minimum Gasteiger partial charge on any atom is -0.327 e. The van der Waals surface area contributed by atoms with E-state index in [1.165, 1.54) is 18.2 Å². The molecular weight excluding hydrogens is 314 g/mol. The van der Waals surface area contributed by atoms with E-state index in [1.54, 1.807) is 0 Å².